The van der Waals surface area contributed by atoms with Gasteiger partial charge in [-0.3, -0.25) is 0 Å². The Labute approximate surface area is 228 Å². The lowest BCUT2D eigenvalue weighted by atomic mass is 9.83. The second kappa shape index (κ2) is 15.4. The van der Waals surface area contributed by atoms with Gasteiger partial charge in [0, 0.05) is 0 Å². The van der Waals surface area contributed by atoms with Crippen LogP contribution in [0.3, 0.4) is 0 Å². The van der Waals surface area contributed by atoms with Crippen molar-refractivity contribution in [1.82, 2.24) is 0 Å². The molecule has 37 heavy (non-hydrogen) atoms. The first-order valence-corrected chi connectivity index (χ1v) is 15.9. The predicted molar refractivity (Wildman–Crippen MR) is 165 cm³/mol. The Morgan fingerprint density at radius 1 is 0.486 bits per heavy atom. The molecule has 2 aromatic rings. The van der Waals surface area contributed by atoms with Gasteiger partial charge in [0.2, 0.25) is 0 Å². The van der Waals surface area contributed by atoms with Gasteiger partial charge < -0.3 is 0 Å². The van der Waals surface area contributed by atoms with Crippen molar-refractivity contribution < 1.29 is 0 Å². The fourth-order valence-corrected chi connectivity index (χ4v) is 6.46. The lowest BCUT2D eigenvalue weighted by Crippen LogP contribution is -2.05. The lowest BCUT2D eigenvalue weighted by Gasteiger charge is -2.22. The van der Waals surface area contributed by atoms with Crippen LogP contribution in [0.25, 0.3) is 22.3 Å². The largest absolute Gasteiger partial charge is 0.0804 e. The third-order valence-electron chi connectivity index (χ3n) is 9.07. The number of rotatable bonds is 14. The topological polar surface area (TPSA) is 0 Å². The van der Waals surface area contributed by atoms with Crippen molar-refractivity contribution in [3.63, 3.8) is 0 Å². The van der Waals surface area contributed by atoms with Crippen LogP contribution in [-0.2, 0) is 0 Å². The molecular formula is C37H52. The second-order valence-corrected chi connectivity index (χ2v) is 11.9. The van der Waals surface area contributed by atoms with Crippen molar-refractivity contribution in [2.75, 3.05) is 0 Å². The van der Waals surface area contributed by atoms with Crippen LogP contribution in [0.4, 0.5) is 0 Å². The molecule has 2 aromatic carbocycles. The highest BCUT2D eigenvalue weighted by Gasteiger charge is 2.16. The maximum absolute atomic E-state index is 2.55. The summed E-state index contributed by atoms with van der Waals surface area (Å²) in [7, 11) is 0. The molecule has 2 atom stereocenters. The summed E-state index contributed by atoms with van der Waals surface area (Å²) in [5.74, 6) is 1.83. The van der Waals surface area contributed by atoms with E-state index in [0.29, 0.717) is 0 Å². The molecule has 0 bridgehead atoms. The zero-order valence-corrected chi connectivity index (χ0v) is 23.9. The molecule has 200 valence electrons. The molecule has 0 heteroatoms. The van der Waals surface area contributed by atoms with Crippen LogP contribution in [0, 0.1) is 11.8 Å². The molecule has 2 aliphatic carbocycles. The van der Waals surface area contributed by atoms with E-state index in [9.17, 15) is 0 Å². The minimum Gasteiger partial charge on any atom is -0.0804 e. The van der Waals surface area contributed by atoms with E-state index >= 15 is 0 Å². The molecule has 0 amide bonds. The molecule has 0 fully saturated rings. The van der Waals surface area contributed by atoms with Crippen LogP contribution < -0.4 is 0 Å². The van der Waals surface area contributed by atoms with E-state index in [1.54, 1.807) is 11.1 Å². The summed E-state index contributed by atoms with van der Waals surface area (Å²) >= 11 is 0. The highest BCUT2D eigenvalue weighted by Crippen LogP contribution is 2.35. The first-order chi connectivity index (χ1) is 18.3. The summed E-state index contributed by atoms with van der Waals surface area (Å²) in [6, 6.07) is 18.7. The molecule has 2 aliphatic rings. The van der Waals surface area contributed by atoms with Crippen LogP contribution in [0.15, 0.2) is 60.7 Å². The predicted octanol–water partition coefficient (Wildman–Crippen LogP) is 12.1. The smallest absolute Gasteiger partial charge is 0.0184 e. The van der Waals surface area contributed by atoms with E-state index in [-0.39, 0.29) is 0 Å². The van der Waals surface area contributed by atoms with Crippen LogP contribution in [0.5, 0.6) is 0 Å². The summed E-state index contributed by atoms with van der Waals surface area (Å²) < 4.78 is 0. The van der Waals surface area contributed by atoms with Crippen molar-refractivity contribution in [2.45, 2.75) is 123 Å². The maximum Gasteiger partial charge on any atom is -0.0184 e. The monoisotopic (exact) mass is 496 g/mol. The van der Waals surface area contributed by atoms with Gasteiger partial charge in [0.25, 0.3) is 0 Å². The van der Waals surface area contributed by atoms with E-state index in [1.165, 1.54) is 131 Å². The Morgan fingerprint density at radius 3 is 1.32 bits per heavy atom. The highest BCUT2D eigenvalue weighted by molar-refractivity contribution is 5.73. The molecule has 0 saturated carbocycles. The Bertz CT molecular complexity index is 972. The SMILES string of the molecule is CCCCCCCCCC1CC=C(c2ccc(-c3ccc(C4=CCC(CCCC)CC4)cc3)cc2)CC1. The molecule has 0 aliphatic heterocycles. The Hall–Kier alpha value is -2.08. The molecule has 2 unspecified atom stereocenters. The summed E-state index contributed by atoms with van der Waals surface area (Å²) in [6.07, 6.45) is 28.4. The van der Waals surface area contributed by atoms with E-state index < -0.39 is 0 Å². The molecule has 0 heterocycles. The van der Waals surface area contributed by atoms with E-state index in [0.717, 1.165) is 11.8 Å². The van der Waals surface area contributed by atoms with Gasteiger partial charge in [-0.25, -0.2) is 0 Å². The highest BCUT2D eigenvalue weighted by atomic mass is 14.2. The summed E-state index contributed by atoms with van der Waals surface area (Å²) in [5, 5.41) is 0. The van der Waals surface area contributed by atoms with Crippen molar-refractivity contribution >= 4 is 11.1 Å². The minimum atomic E-state index is 0.914. The average Bonchev–Trinajstić information content (AvgIpc) is 2.96. The molecule has 0 nitrogen and oxygen atoms in total. The van der Waals surface area contributed by atoms with E-state index in [2.05, 4.69) is 74.5 Å². The van der Waals surface area contributed by atoms with Crippen molar-refractivity contribution in [3.05, 3.63) is 71.8 Å². The standard InChI is InChI=1S/C37H52/c1-3-5-7-8-9-10-11-13-31-16-20-33(21-17-31)35-24-28-37(29-25-35)36-26-22-34(23-27-36)32-18-14-30(15-19-32)12-6-4-2/h18,20,22-31H,3-17,19,21H2,1-2H3. The first kappa shape index (κ1) is 27.9. The van der Waals surface area contributed by atoms with Gasteiger partial charge in [0.15, 0.2) is 0 Å². The molecule has 0 N–H and O–H groups in total. The molecule has 4 rings (SSSR count). The van der Waals surface area contributed by atoms with E-state index in [4.69, 9.17) is 0 Å². The molecule has 0 radical (unpaired) electrons. The third kappa shape index (κ3) is 8.73. The van der Waals surface area contributed by atoms with Gasteiger partial charge in [0.05, 0.1) is 0 Å². The Balaban J connectivity index is 1.24. The fraction of sp³-hybridized carbons (Fsp3) is 0.568. The van der Waals surface area contributed by atoms with Crippen molar-refractivity contribution in [2.24, 2.45) is 11.8 Å². The van der Waals surface area contributed by atoms with Gasteiger partial charge >= 0.3 is 0 Å². The van der Waals surface area contributed by atoms with Crippen LogP contribution >= 0.6 is 0 Å². The quantitative estimate of drug-likeness (QED) is 0.228. The van der Waals surface area contributed by atoms with Crippen LogP contribution in [0.2, 0.25) is 0 Å². The molecule has 0 aromatic heterocycles. The molecule has 0 spiro atoms. The second-order valence-electron chi connectivity index (χ2n) is 11.9. The maximum atomic E-state index is 2.55. The number of hydrogen-bond acceptors (Lipinski definition) is 0. The zero-order valence-electron chi connectivity index (χ0n) is 23.9. The average molecular weight is 497 g/mol. The number of unbranched alkanes of at least 4 members (excludes halogenated alkanes) is 7. The van der Waals surface area contributed by atoms with Gasteiger partial charge in [0.1, 0.15) is 0 Å². The number of benzene rings is 2. The normalized spacial score (nSPS) is 19.9. The van der Waals surface area contributed by atoms with Gasteiger partial charge in [-0.05, 0) is 83.8 Å². The first-order valence-electron chi connectivity index (χ1n) is 15.9. The Morgan fingerprint density at radius 2 is 0.892 bits per heavy atom. The molecule has 0 saturated heterocycles. The summed E-state index contributed by atoms with van der Waals surface area (Å²) in [6.45, 7) is 4.61. The van der Waals surface area contributed by atoms with Crippen molar-refractivity contribution in [1.29, 1.82) is 0 Å². The molecular weight excluding hydrogens is 444 g/mol. The summed E-state index contributed by atoms with van der Waals surface area (Å²) in [4.78, 5) is 0. The zero-order chi connectivity index (χ0) is 25.7. The Kier molecular flexibility index (Phi) is 11.6. The van der Waals surface area contributed by atoms with Gasteiger partial charge in [-0.2, -0.15) is 0 Å². The van der Waals surface area contributed by atoms with Crippen LogP contribution in [-0.4, -0.2) is 0 Å². The third-order valence-corrected chi connectivity index (χ3v) is 9.07. The minimum absolute atomic E-state index is 0.914. The van der Waals surface area contributed by atoms with Gasteiger partial charge in [-0.15, -0.1) is 0 Å². The number of allylic oxidation sites excluding steroid dienone is 4. The fourth-order valence-electron chi connectivity index (χ4n) is 6.46. The summed E-state index contributed by atoms with van der Waals surface area (Å²) in [5.41, 5.74) is 8.65. The number of hydrogen-bond donors (Lipinski definition) is 0. The van der Waals surface area contributed by atoms with Crippen molar-refractivity contribution in [3.8, 4) is 11.1 Å². The van der Waals surface area contributed by atoms with Crippen LogP contribution in [0.1, 0.15) is 134 Å². The van der Waals surface area contributed by atoms with Gasteiger partial charge in [-0.1, -0.05) is 145 Å². The van der Waals surface area contributed by atoms with E-state index in [1.807, 2.05) is 0 Å². The lowest BCUT2D eigenvalue weighted by molar-refractivity contribution is 0.422.